The second-order valence-electron chi connectivity index (χ2n) is 8.27. The van der Waals surface area contributed by atoms with Crippen LogP contribution in [0.15, 0.2) is 48.5 Å². The van der Waals surface area contributed by atoms with Crippen LogP contribution in [-0.2, 0) is 14.4 Å². The van der Waals surface area contributed by atoms with Gasteiger partial charge in [-0.05, 0) is 36.4 Å². The number of rotatable bonds is 5. The van der Waals surface area contributed by atoms with E-state index >= 15 is 0 Å². The number of fused-ring (bicyclic) bond motifs is 1. The van der Waals surface area contributed by atoms with Crippen molar-refractivity contribution >= 4 is 28.5 Å². The number of aromatic nitrogens is 3. The van der Waals surface area contributed by atoms with Crippen LogP contribution in [0.5, 0.6) is 11.5 Å². The molecule has 0 saturated carbocycles. The van der Waals surface area contributed by atoms with Gasteiger partial charge >= 0.3 is 0 Å². The molecule has 1 saturated heterocycles. The number of benzene rings is 3. The Bertz CT molecular complexity index is 1560. The highest BCUT2D eigenvalue weighted by Gasteiger charge is 2.28. The number of nitro groups is 1. The van der Waals surface area contributed by atoms with Crippen molar-refractivity contribution in [1.82, 2.24) is 20.2 Å². The van der Waals surface area contributed by atoms with Crippen LogP contribution in [0.25, 0.3) is 11.0 Å². The number of carbonyl (C=O) groups is 2. The normalized spacial score (nSPS) is 11.9. The number of hydroxylamine groups is 2. The van der Waals surface area contributed by atoms with Gasteiger partial charge in [0.15, 0.2) is 17.4 Å². The predicted molar refractivity (Wildman–Crippen MR) is 145 cm³/mol. The number of nitrogens with zero attached hydrogens (tertiary/aromatic N) is 5. The number of imide groups is 1. The summed E-state index contributed by atoms with van der Waals surface area (Å²) in [7, 11) is 5.30. The molecular weight excluding hydrogens is 598 g/mol. The van der Waals surface area contributed by atoms with Crippen LogP contribution in [0.2, 0.25) is 0 Å². The Balaban J connectivity index is 0.000000206. The van der Waals surface area contributed by atoms with E-state index in [1.807, 2.05) is 24.3 Å². The average Bonchev–Trinajstić information content (AvgIpc) is 3.61. The number of non-ortho nitro benzene ring substituents is 1. The maximum Gasteiger partial charge on any atom is 0.269 e. The van der Waals surface area contributed by atoms with Gasteiger partial charge < -0.3 is 14.3 Å². The van der Waals surface area contributed by atoms with Crippen LogP contribution in [0.3, 0.4) is 0 Å². The quantitative estimate of drug-likeness (QED) is 0.103. The monoisotopic (exact) mass is 625 g/mol. The molecule has 4 aromatic rings. The molecule has 0 spiro atoms. The Labute approximate surface area is 247 Å². The van der Waals surface area contributed by atoms with Gasteiger partial charge in [-0.1, -0.05) is 17.0 Å². The van der Waals surface area contributed by atoms with Gasteiger partial charge in [-0.15, -0.1) is 5.10 Å². The van der Waals surface area contributed by atoms with Gasteiger partial charge in [0.2, 0.25) is 11.6 Å². The maximum atomic E-state index is 12.8. The van der Waals surface area contributed by atoms with Crippen LogP contribution < -0.4 is 14.3 Å². The van der Waals surface area contributed by atoms with Gasteiger partial charge in [-0.25, -0.2) is 8.78 Å². The fraction of sp³-hybridized carbons (Fsp3) is 0.259. The molecule has 0 radical (unpaired) electrons. The minimum absolute atomic E-state index is 0.0748. The molecule has 1 aromatic heterocycles. The molecule has 3 aromatic carbocycles. The molecule has 17 heteroatoms. The van der Waals surface area contributed by atoms with Gasteiger partial charge in [0.25, 0.3) is 17.5 Å². The molecule has 1 aliphatic rings. The average molecular weight is 626 g/mol. The fourth-order valence-corrected chi connectivity index (χ4v) is 3.35. The van der Waals surface area contributed by atoms with Gasteiger partial charge in [0.05, 0.1) is 26.3 Å². The van der Waals surface area contributed by atoms with E-state index in [-0.39, 0.29) is 30.3 Å². The van der Waals surface area contributed by atoms with Gasteiger partial charge in [-0.2, -0.15) is 13.8 Å². The zero-order chi connectivity index (χ0) is 33.0. The van der Waals surface area contributed by atoms with Crippen LogP contribution in [0.4, 0.5) is 23.2 Å². The third kappa shape index (κ3) is 8.60. The van der Waals surface area contributed by atoms with E-state index in [1.54, 1.807) is 19.2 Å². The molecule has 0 atom stereocenters. The number of ether oxygens (including phenoxy) is 2. The van der Waals surface area contributed by atoms with Crippen molar-refractivity contribution < 1.29 is 51.2 Å². The SMILES string of the molecule is CON1C(=O)CCC1=O.COc1c(F)c(F)c(C)c(F)c1F.COc1ccc([N+](=O)[O-])cc1.COn1nnc2ccccc21. The maximum absolute atomic E-state index is 12.8. The molecule has 0 unspecified atom stereocenters. The summed E-state index contributed by atoms with van der Waals surface area (Å²) in [4.78, 5) is 41.7. The lowest BCUT2D eigenvalue weighted by Crippen LogP contribution is -2.27. The molecule has 1 fully saturated rings. The molecule has 1 aliphatic heterocycles. The minimum atomic E-state index is -1.51. The first-order valence-electron chi connectivity index (χ1n) is 12.3. The van der Waals surface area contributed by atoms with Crippen LogP contribution >= 0.6 is 0 Å². The van der Waals surface area contributed by atoms with Crippen LogP contribution in [0.1, 0.15) is 18.4 Å². The number of para-hydroxylation sites is 1. The predicted octanol–water partition coefficient (Wildman–Crippen LogP) is 4.35. The van der Waals surface area contributed by atoms with Crippen LogP contribution in [0, 0.1) is 40.3 Å². The van der Waals surface area contributed by atoms with Crippen molar-refractivity contribution in [1.29, 1.82) is 0 Å². The first-order valence-corrected chi connectivity index (χ1v) is 12.3. The summed E-state index contributed by atoms with van der Waals surface area (Å²) < 4.78 is 60.1. The van der Waals surface area contributed by atoms with E-state index < -0.39 is 39.5 Å². The number of amides is 2. The zero-order valence-corrected chi connectivity index (χ0v) is 24.0. The largest absolute Gasteiger partial charge is 0.497 e. The molecule has 13 nitrogen and oxygen atoms in total. The van der Waals surface area contributed by atoms with Gasteiger partial charge in [-0.3, -0.25) is 24.5 Å². The van der Waals surface area contributed by atoms with E-state index in [0.717, 1.165) is 30.1 Å². The molecule has 2 amide bonds. The minimum Gasteiger partial charge on any atom is -0.497 e. The first-order chi connectivity index (χ1) is 20.9. The summed E-state index contributed by atoms with van der Waals surface area (Å²) >= 11 is 0. The van der Waals surface area contributed by atoms with Crippen molar-refractivity contribution in [3.05, 3.63) is 87.5 Å². The Morgan fingerprint density at radius 2 is 1.34 bits per heavy atom. The summed E-state index contributed by atoms with van der Waals surface area (Å²) in [6.45, 7) is 0.941. The molecule has 0 aliphatic carbocycles. The summed E-state index contributed by atoms with van der Waals surface area (Å²) in [5, 5.41) is 18.6. The fourth-order valence-electron chi connectivity index (χ4n) is 3.35. The lowest BCUT2D eigenvalue weighted by molar-refractivity contribution is -0.384. The zero-order valence-electron chi connectivity index (χ0n) is 24.0. The molecule has 236 valence electrons. The summed E-state index contributed by atoms with van der Waals surface area (Å²) in [5.74, 6) is -6.81. The molecule has 44 heavy (non-hydrogen) atoms. The number of hydrogen-bond donors (Lipinski definition) is 0. The van der Waals surface area contributed by atoms with E-state index in [4.69, 9.17) is 9.57 Å². The number of methoxy groups -OCH3 is 2. The third-order valence-corrected chi connectivity index (χ3v) is 5.61. The third-order valence-electron chi connectivity index (χ3n) is 5.61. The molecule has 0 N–H and O–H groups in total. The molecular formula is C27H27F4N5O8. The highest BCUT2D eigenvalue weighted by atomic mass is 19.2. The van der Waals surface area contributed by atoms with Crippen LogP contribution in [-0.4, -0.2) is 65.4 Å². The lowest BCUT2D eigenvalue weighted by atomic mass is 10.2. The summed E-state index contributed by atoms with van der Waals surface area (Å²) in [5.41, 5.74) is 1.10. The van der Waals surface area contributed by atoms with Crippen molar-refractivity contribution in [3.8, 4) is 11.5 Å². The summed E-state index contributed by atoms with van der Waals surface area (Å²) in [6, 6.07) is 13.5. The van der Waals surface area contributed by atoms with E-state index in [9.17, 15) is 37.3 Å². The number of nitro benzene ring substituents is 1. The highest BCUT2D eigenvalue weighted by molar-refractivity contribution is 6.00. The Hall–Kier alpha value is -5.32. The van der Waals surface area contributed by atoms with E-state index in [2.05, 4.69) is 19.9 Å². The lowest BCUT2D eigenvalue weighted by Gasteiger charge is -2.07. The number of halogens is 4. The first kappa shape index (κ1) is 34.9. The molecule has 5 rings (SSSR count). The highest BCUT2D eigenvalue weighted by Crippen LogP contribution is 2.28. The smallest absolute Gasteiger partial charge is 0.269 e. The van der Waals surface area contributed by atoms with Gasteiger partial charge in [0.1, 0.15) is 23.9 Å². The van der Waals surface area contributed by atoms with Crippen molar-refractivity contribution in [2.24, 2.45) is 0 Å². The number of carbonyl (C=O) groups excluding carboxylic acids is 2. The Morgan fingerprint density at radius 3 is 1.77 bits per heavy atom. The van der Waals surface area contributed by atoms with Crippen molar-refractivity contribution in [2.45, 2.75) is 19.8 Å². The van der Waals surface area contributed by atoms with E-state index in [1.165, 1.54) is 31.2 Å². The Kier molecular flexibility index (Phi) is 13.0. The number of hydrogen-bond acceptors (Lipinski definition) is 10. The topological polar surface area (TPSA) is 148 Å². The van der Waals surface area contributed by atoms with Gasteiger partial charge in [0, 0.05) is 30.5 Å². The molecule has 0 bridgehead atoms. The molecule has 2 heterocycles. The second kappa shape index (κ2) is 16.4. The Morgan fingerprint density at radius 1 is 0.795 bits per heavy atom. The van der Waals surface area contributed by atoms with Crippen molar-refractivity contribution in [2.75, 3.05) is 28.4 Å². The summed E-state index contributed by atoms with van der Waals surface area (Å²) in [6.07, 6.45) is 0.569. The van der Waals surface area contributed by atoms with E-state index in [0.29, 0.717) is 5.75 Å². The second-order valence-corrected chi connectivity index (χ2v) is 8.27. The van der Waals surface area contributed by atoms with Crippen molar-refractivity contribution in [3.63, 3.8) is 0 Å². The standard InChI is InChI=1S/C8H6F4O.C7H7N3O.C7H7NO3.C5H7NO3/c1-3-4(9)6(11)8(13-2)7(12)5(3)10;1-11-10-7-5-3-2-4-6(7)8-9-10;1-11-7-4-2-6(3-5-7)8(9)10;1-9-6-4(7)2-3-5(6)8/h1-2H3;2*2-5H,1H3;2-3H2,1H3.